The first-order valence-corrected chi connectivity index (χ1v) is 17.4. The topological polar surface area (TPSA) is 56.8 Å². The van der Waals surface area contributed by atoms with E-state index in [9.17, 15) is 4.79 Å². The molecule has 41 heavy (non-hydrogen) atoms. The summed E-state index contributed by atoms with van der Waals surface area (Å²) in [6.07, 6.45) is 18.7. The van der Waals surface area contributed by atoms with E-state index in [1.807, 2.05) is 0 Å². The van der Waals surface area contributed by atoms with Gasteiger partial charge < -0.3 is 19.5 Å². The molecule has 0 bridgehead atoms. The third-order valence-corrected chi connectivity index (χ3v) is 12.7. The molecule has 1 N–H and O–H groups in total. The van der Waals surface area contributed by atoms with E-state index in [4.69, 9.17) is 14.2 Å². The highest BCUT2D eigenvalue weighted by Gasteiger charge is 2.60. The van der Waals surface area contributed by atoms with Crippen LogP contribution in [0.15, 0.2) is 24.3 Å². The van der Waals surface area contributed by atoms with Crippen LogP contribution >= 0.6 is 0 Å². The fraction of sp³-hybridized carbons (Fsp3) is 0.806. The Bertz CT molecular complexity index is 1060. The van der Waals surface area contributed by atoms with Crippen molar-refractivity contribution in [3.63, 3.8) is 0 Å². The molecule has 1 heterocycles. The number of hydrogen-bond acceptors (Lipinski definition) is 5. The van der Waals surface area contributed by atoms with E-state index in [1.165, 1.54) is 56.9 Å². The molecule has 1 aromatic rings. The van der Waals surface area contributed by atoms with Gasteiger partial charge in [-0.25, -0.2) is 0 Å². The molecule has 1 spiro atoms. The van der Waals surface area contributed by atoms with Crippen LogP contribution in [0.25, 0.3) is 0 Å². The first kappa shape index (κ1) is 28.3. The van der Waals surface area contributed by atoms with Crippen LogP contribution in [0.4, 0.5) is 0 Å². The number of fused-ring (bicyclic) bond motifs is 5. The standard InChI is InChI=1S/C36H53NO4/c1-2-27(37-28-7-3-4-8-28)22-25-6-5-9-29(23-25)39-19-18-35-16-14-31-30-15-17-36(40-20-21-41-36)24-26(30)10-11-32(31)33(35)12-13-34(35)38/h5-6,9,23,26-28,30-33,37H,2-4,7-8,10-22,24H2,1H3/t26?,27?,30?,31?,32?,33?,35-/m1/s1. The Morgan fingerprint density at radius 3 is 2.63 bits per heavy atom. The highest BCUT2D eigenvalue weighted by molar-refractivity contribution is 5.87. The van der Waals surface area contributed by atoms with Gasteiger partial charge in [0.25, 0.3) is 0 Å². The fourth-order valence-corrected chi connectivity index (χ4v) is 10.8. The molecular weight excluding hydrogens is 510 g/mol. The molecular formula is C36H53NO4. The van der Waals surface area contributed by atoms with E-state index in [0.717, 1.165) is 94.0 Å². The molecule has 226 valence electrons. The Morgan fingerprint density at radius 1 is 0.976 bits per heavy atom. The molecule has 0 amide bonds. The molecule has 6 unspecified atom stereocenters. The highest BCUT2D eigenvalue weighted by Crippen LogP contribution is 2.63. The summed E-state index contributed by atoms with van der Waals surface area (Å²) in [6, 6.07) is 9.97. The van der Waals surface area contributed by atoms with Gasteiger partial charge in [-0.15, -0.1) is 0 Å². The Balaban J connectivity index is 0.966. The van der Waals surface area contributed by atoms with Gasteiger partial charge in [0, 0.05) is 36.8 Å². The molecule has 6 fully saturated rings. The largest absolute Gasteiger partial charge is 0.494 e. The van der Waals surface area contributed by atoms with Crippen LogP contribution in [0.2, 0.25) is 0 Å². The van der Waals surface area contributed by atoms with Crippen molar-refractivity contribution in [3.05, 3.63) is 29.8 Å². The predicted molar refractivity (Wildman–Crippen MR) is 161 cm³/mol. The van der Waals surface area contributed by atoms with Crippen LogP contribution in [-0.4, -0.2) is 43.5 Å². The number of hydrogen-bond donors (Lipinski definition) is 1. The minimum Gasteiger partial charge on any atom is -0.494 e. The lowest BCUT2D eigenvalue weighted by Crippen LogP contribution is -2.52. The van der Waals surface area contributed by atoms with Crippen LogP contribution in [0.3, 0.4) is 0 Å². The van der Waals surface area contributed by atoms with E-state index in [1.54, 1.807) is 0 Å². The monoisotopic (exact) mass is 563 g/mol. The van der Waals surface area contributed by atoms with Gasteiger partial charge in [-0.1, -0.05) is 31.9 Å². The SMILES string of the molecule is CCC(Cc1cccc(OCC[C@]23CCC4C5CCC6(CC5CCC4C2CCC3=O)OCCO6)c1)NC1CCCC1. The molecule has 0 aromatic heterocycles. The third-order valence-electron chi connectivity index (χ3n) is 12.7. The van der Waals surface area contributed by atoms with Gasteiger partial charge in [0.05, 0.1) is 19.8 Å². The van der Waals surface area contributed by atoms with E-state index >= 15 is 0 Å². The van der Waals surface area contributed by atoms with Crippen molar-refractivity contribution in [3.8, 4) is 5.75 Å². The number of Topliss-reactive ketones (excluding diaryl/α,β-unsaturated/α-hetero) is 1. The Labute approximate surface area is 247 Å². The molecule has 5 aliphatic carbocycles. The van der Waals surface area contributed by atoms with Gasteiger partial charge in [0.2, 0.25) is 0 Å². The van der Waals surface area contributed by atoms with Gasteiger partial charge in [-0.3, -0.25) is 4.79 Å². The first-order chi connectivity index (χ1) is 20.1. The highest BCUT2D eigenvalue weighted by atomic mass is 16.7. The van der Waals surface area contributed by atoms with Gasteiger partial charge in [-0.05, 0) is 118 Å². The maximum absolute atomic E-state index is 13.6. The second kappa shape index (κ2) is 11.9. The number of ether oxygens (including phenoxy) is 3. The third kappa shape index (κ3) is 5.53. The van der Waals surface area contributed by atoms with Crippen LogP contribution in [0.5, 0.6) is 5.75 Å². The van der Waals surface area contributed by atoms with Gasteiger partial charge in [0.1, 0.15) is 11.5 Å². The number of ketones is 1. The van der Waals surface area contributed by atoms with Crippen molar-refractivity contribution in [2.45, 2.75) is 128 Å². The van der Waals surface area contributed by atoms with Gasteiger partial charge >= 0.3 is 0 Å². The summed E-state index contributed by atoms with van der Waals surface area (Å²) in [5, 5.41) is 3.91. The lowest BCUT2D eigenvalue weighted by Gasteiger charge is -2.56. The van der Waals surface area contributed by atoms with Gasteiger partial charge in [-0.2, -0.15) is 0 Å². The second-order valence-corrected chi connectivity index (χ2v) is 14.6. The molecule has 1 aromatic carbocycles. The molecule has 7 rings (SSSR count). The molecule has 5 saturated carbocycles. The summed E-state index contributed by atoms with van der Waals surface area (Å²) in [5.41, 5.74) is 1.21. The quantitative estimate of drug-likeness (QED) is 0.343. The molecule has 0 radical (unpaired) electrons. The Morgan fingerprint density at radius 2 is 1.80 bits per heavy atom. The molecule has 1 aliphatic heterocycles. The smallest absolute Gasteiger partial charge is 0.168 e. The van der Waals surface area contributed by atoms with E-state index in [-0.39, 0.29) is 11.2 Å². The van der Waals surface area contributed by atoms with E-state index in [2.05, 4.69) is 36.5 Å². The van der Waals surface area contributed by atoms with Crippen LogP contribution in [0, 0.1) is 35.0 Å². The number of rotatable bonds is 9. The maximum Gasteiger partial charge on any atom is 0.168 e. The number of carbonyl (C=O) groups is 1. The number of nitrogens with one attached hydrogen (secondary N) is 1. The summed E-state index contributed by atoms with van der Waals surface area (Å²) < 4.78 is 18.7. The summed E-state index contributed by atoms with van der Waals surface area (Å²) in [6.45, 7) is 4.48. The van der Waals surface area contributed by atoms with Crippen molar-refractivity contribution < 1.29 is 19.0 Å². The zero-order valence-electron chi connectivity index (χ0n) is 25.4. The minimum atomic E-state index is -0.270. The minimum absolute atomic E-state index is 0.141. The second-order valence-electron chi connectivity index (χ2n) is 14.6. The number of benzene rings is 1. The van der Waals surface area contributed by atoms with Crippen molar-refractivity contribution in [2.24, 2.45) is 35.0 Å². The maximum atomic E-state index is 13.6. The predicted octanol–water partition coefficient (Wildman–Crippen LogP) is 7.25. The van der Waals surface area contributed by atoms with Crippen molar-refractivity contribution in [2.75, 3.05) is 19.8 Å². The Hall–Kier alpha value is -1.43. The lowest BCUT2D eigenvalue weighted by molar-refractivity contribution is -0.209. The number of carbonyl (C=O) groups excluding carboxylic acids is 1. The molecule has 6 aliphatic rings. The average molecular weight is 564 g/mol. The van der Waals surface area contributed by atoms with Crippen molar-refractivity contribution >= 4 is 5.78 Å². The summed E-state index contributed by atoms with van der Waals surface area (Å²) >= 11 is 0. The summed E-state index contributed by atoms with van der Waals surface area (Å²) in [4.78, 5) is 13.6. The zero-order valence-corrected chi connectivity index (χ0v) is 25.4. The summed E-state index contributed by atoms with van der Waals surface area (Å²) in [7, 11) is 0. The first-order valence-electron chi connectivity index (χ1n) is 17.4. The molecule has 5 nitrogen and oxygen atoms in total. The van der Waals surface area contributed by atoms with Gasteiger partial charge in [0.15, 0.2) is 5.79 Å². The zero-order chi connectivity index (χ0) is 27.9. The normalized spacial score (nSPS) is 37.1. The molecule has 5 heteroatoms. The van der Waals surface area contributed by atoms with Crippen LogP contribution < -0.4 is 10.1 Å². The lowest BCUT2D eigenvalue weighted by atomic mass is 9.49. The molecule has 1 saturated heterocycles. The Kier molecular flexibility index (Phi) is 8.24. The van der Waals surface area contributed by atoms with Crippen LogP contribution in [0.1, 0.15) is 109 Å². The van der Waals surface area contributed by atoms with E-state index in [0.29, 0.717) is 30.4 Å². The van der Waals surface area contributed by atoms with Crippen molar-refractivity contribution in [1.82, 2.24) is 5.32 Å². The average Bonchev–Trinajstić information content (AvgIpc) is 3.74. The van der Waals surface area contributed by atoms with E-state index < -0.39 is 0 Å². The van der Waals surface area contributed by atoms with Crippen LogP contribution in [-0.2, 0) is 20.7 Å². The fourth-order valence-electron chi connectivity index (χ4n) is 10.8. The summed E-state index contributed by atoms with van der Waals surface area (Å²) in [5.74, 6) is 4.85. The molecule has 7 atom stereocenters. The van der Waals surface area contributed by atoms with Crippen molar-refractivity contribution in [1.29, 1.82) is 0 Å².